The zero-order valence-electron chi connectivity index (χ0n) is 9.47. The first-order valence-corrected chi connectivity index (χ1v) is 5.75. The van der Waals surface area contributed by atoms with Crippen molar-refractivity contribution < 1.29 is 18.3 Å². The SMILES string of the molecule is CCOC(=O)C1=CNc2c(F)cc(F)cc2[C@@H]1Cl. The Hall–Kier alpha value is -1.62. The van der Waals surface area contributed by atoms with Crippen LogP contribution in [0.4, 0.5) is 14.5 Å². The van der Waals surface area contributed by atoms with Crippen LogP contribution in [0.5, 0.6) is 0 Å². The van der Waals surface area contributed by atoms with E-state index in [4.69, 9.17) is 16.3 Å². The lowest BCUT2D eigenvalue weighted by Crippen LogP contribution is -2.18. The van der Waals surface area contributed by atoms with Crippen molar-refractivity contribution in [3.63, 3.8) is 0 Å². The molecule has 1 aromatic carbocycles. The molecule has 0 saturated heterocycles. The van der Waals surface area contributed by atoms with Gasteiger partial charge in [0.25, 0.3) is 0 Å². The van der Waals surface area contributed by atoms with Gasteiger partial charge in [-0.05, 0) is 13.0 Å². The van der Waals surface area contributed by atoms with Gasteiger partial charge in [0, 0.05) is 17.8 Å². The number of rotatable bonds is 2. The summed E-state index contributed by atoms with van der Waals surface area (Å²) < 4.78 is 31.4. The fourth-order valence-electron chi connectivity index (χ4n) is 1.71. The van der Waals surface area contributed by atoms with Crippen molar-refractivity contribution in [2.75, 3.05) is 11.9 Å². The lowest BCUT2D eigenvalue weighted by atomic mass is 10.00. The van der Waals surface area contributed by atoms with Crippen LogP contribution in [0.25, 0.3) is 0 Å². The van der Waals surface area contributed by atoms with Gasteiger partial charge in [-0.2, -0.15) is 0 Å². The maximum atomic E-state index is 13.5. The van der Waals surface area contributed by atoms with E-state index in [2.05, 4.69) is 5.32 Å². The van der Waals surface area contributed by atoms with Crippen molar-refractivity contribution in [3.05, 3.63) is 41.1 Å². The summed E-state index contributed by atoms with van der Waals surface area (Å²) in [6.07, 6.45) is 1.28. The van der Waals surface area contributed by atoms with Crippen LogP contribution in [0.1, 0.15) is 17.9 Å². The van der Waals surface area contributed by atoms with E-state index in [-0.39, 0.29) is 23.4 Å². The van der Waals surface area contributed by atoms with E-state index in [1.165, 1.54) is 6.20 Å². The molecule has 1 aromatic rings. The average Bonchev–Trinajstić information content (AvgIpc) is 2.30. The summed E-state index contributed by atoms with van der Waals surface area (Å²) in [5.41, 5.74) is 0.375. The Morgan fingerprint density at radius 2 is 2.22 bits per heavy atom. The summed E-state index contributed by atoms with van der Waals surface area (Å²) in [6, 6.07) is 1.84. The van der Waals surface area contributed by atoms with Crippen LogP contribution in [-0.4, -0.2) is 12.6 Å². The number of halogens is 3. The first-order chi connectivity index (χ1) is 8.54. The Balaban J connectivity index is 2.39. The van der Waals surface area contributed by atoms with Crippen molar-refractivity contribution in [1.29, 1.82) is 0 Å². The second-order valence-corrected chi connectivity index (χ2v) is 4.12. The van der Waals surface area contributed by atoms with Crippen LogP contribution in [0, 0.1) is 11.6 Å². The second-order valence-electron chi connectivity index (χ2n) is 3.68. The Kier molecular flexibility index (Phi) is 3.52. The molecule has 0 bridgehead atoms. The molecule has 0 amide bonds. The van der Waals surface area contributed by atoms with Crippen molar-refractivity contribution in [2.45, 2.75) is 12.3 Å². The van der Waals surface area contributed by atoms with Crippen LogP contribution in [-0.2, 0) is 9.53 Å². The number of fused-ring (bicyclic) bond motifs is 1. The minimum Gasteiger partial charge on any atom is -0.463 e. The minimum atomic E-state index is -0.939. The fraction of sp³-hybridized carbons (Fsp3) is 0.250. The summed E-state index contributed by atoms with van der Waals surface area (Å²) in [5.74, 6) is -2.11. The van der Waals surface area contributed by atoms with Gasteiger partial charge < -0.3 is 10.1 Å². The normalized spacial score (nSPS) is 17.6. The van der Waals surface area contributed by atoms with Crippen LogP contribution < -0.4 is 5.32 Å². The highest BCUT2D eigenvalue weighted by Crippen LogP contribution is 2.39. The first-order valence-electron chi connectivity index (χ1n) is 5.31. The van der Waals surface area contributed by atoms with Gasteiger partial charge in [0.1, 0.15) is 11.6 Å². The Morgan fingerprint density at radius 3 is 2.89 bits per heavy atom. The van der Waals surface area contributed by atoms with Gasteiger partial charge in [0.2, 0.25) is 0 Å². The third kappa shape index (κ3) is 2.18. The van der Waals surface area contributed by atoms with Gasteiger partial charge in [-0.25, -0.2) is 13.6 Å². The summed E-state index contributed by atoms with van der Waals surface area (Å²) >= 11 is 6.05. The minimum absolute atomic E-state index is 0.0736. The molecule has 1 atom stereocenters. The molecule has 2 rings (SSSR count). The largest absolute Gasteiger partial charge is 0.463 e. The van der Waals surface area contributed by atoms with E-state index in [0.29, 0.717) is 0 Å². The van der Waals surface area contributed by atoms with Gasteiger partial charge in [0.15, 0.2) is 0 Å². The number of carbonyl (C=O) groups is 1. The predicted octanol–water partition coefficient (Wildman–Crippen LogP) is 3.12. The van der Waals surface area contributed by atoms with Gasteiger partial charge in [0.05, 0.1) is 23.2 Å². The second kappa shape index (κ2) is 4.94. The summed E-state index contributed by atoms with van der Waals surface area (Å²) in [6.45, 7) is 1.86. The Labute approximate surface area is 107 Å². The summed E-state index contributed by atoms with van der Waals surface area (Å²) in [5, 5.41) is 1.65. The highest BCUT2D eigenvalue weighted by atomic mass is 35.5. The number of anilines is 1. The summed E-state index contributed by atoms with van der Waals surface area (Å²) in [7, 11) is 0. The van der Waals surface area contributed by atoms with E-state index in [1.54, 1.807) is 6.92 Å². The first kappa shape index (κ1) is 12.8. The summed E-state index contributed by atoms with van der Waals surface area (Å²) in [4.78, 5) is 11.6. The molecule has 0 saturated carbocycles. The van der Waals surface area contributed by atoms with Crippen LogP contribution >= 0.6 is 11.6 Å². The number of benzene rings is 1. The molecular weight excluding hydrogens is 264 g/mol. The monoisotopic (exact) mass is 273 g/mol. The van der Waals surface area contributed by atoms with E-state index < -0.39 is 23.0 Å². The van der Waals surface area contributed by atoms with Gasteiger partial charge >= 0.3 is 5.97 Å². The molecule has 3 nitrogen and oxygen atoms in total. The third-order valence-electron chi connectivity index (χ3n) is 2.51. The quantitative estimate of drug-likeness (QED) is 0.665. The highest BCUT2D eigenvalue weighted by molar-refractivity contribution is 6.26. The van der Waals surface area contributed by atoms with Crippen molar-refractivity contribution in [2.24, 2.45) is 0 Å². The van der Waals surface area contributed by atoms with Crippen molar-refractivity contribution in [3.8, 4) is 0 Å². The standard InChI is InChI=1S/C12H10ClF2NO2/c1-2-18-12(17)8-5-16-11-7(10(8)13)3-6(14)4-9(11)15/h3-5,10,16H,2H2,1H3/t10-/m0/s1. The third-order valence-corrected chi connectivity index (χ3v) is 2.98. The smallest absolute Gasteiger partial charge is 0.337 e. The maximum absolute atomic E-state index is 13.5. The molecule has 18 heavy (non-hydrogen) atoms. The molecular formula is C12H10ClF2NO2. The maximum Gasteiger partial charge on any atom is 0.337 e. The van der Waals surface area contributed by atoms with Crippen LogP contribution in [0.3, 0.4) is 0 Å². The van der Waals surface area contributed by atoms with Gasteiger partial charge in [-0.1, -0.05) is 0 Å². The highest BCUT2D eigenvalue weighted by Gasteiger charge is 2.29. The van der Waals surface area contributed by atoms with Gasteiger partial charge in [-0.15, -0.1) is 11.6 Å². The lowest BCUT2D eigenvalue weighted by Gasteiger charge is -2.22. The molecule has 96 valence electrons. The zero-order valence-corrected chi connectivity index (χ0v) is 10.2. The van der Waals surface area contributed by atoms with E-state index in [1.807, 2.05) is 0 Å². The Bertz CT molecular complexity index is 531. The number of hydrogen-bond acceptors (Lipinski definition) is 3. The molecule has 1 N–H and O–H groups in total. The number of hydrogen-bond donors (Lipinski definition) is 1. The van der Waals surface area contributed by atoms with E-state index >= 15 is 0 Å². The number of alkyl halides is 1. The molecule has 0 radical (unpaired) electrons. The fourth-order valence-corrected chi connectivity index (χ4v) is 2.04. The van der Waals surface area contributed by atoms with E-state index in [0.717, 1.165) is 12.1 Å². The zero-order chi connectivity index (χ0) is 13.3. The lowest BCUT2D eigenvalue weighted by molar-refractivity contribution is -0.138. The molecule has 0 fully saturated rings. The molecule has 1 aliphatic rings. The molecule has 1 heterocycles. The van der Waals surface area contributed by atoms with Crippen molar-refractivity contribution >= 4 is 23.3 Å². The topological polar surface area (TPSA) is 38.3 Å². The number of nitrogens with one attached hydrogen (secondary N) is 1. The van der Waals surface area contributed by atoms with Gasteiger partial charge in [-0.3, -0.25) is 0 Å². The molecule has 0 unspecified atom stereocenters. The van der Waals surface area contributed by atoms with Crippen molar-refractivity contribution in [1.82, 2.24) is 0 Å². The van der Waals surface area contributed by atoms with Crippen LogP contribution in [0.2, 0.25) is 0 Å². The molecule has 0 aromatic heterocycles. The molecule has 1 aliphatic heterocycles. The number of esters is 1. The molecule has 0 spiro atoms. The van der Waals surface area contributed by atoms with E-state index in [9.17, 15) is 13.6 Å². The average molecular weight is 274 g/mol. The Morgan fingerprint density at radius 1 is 1.50 bits per heavy atom. The molecule has 6 heteroatoms. The predicted molar refractivity (Wildman–Crippen MR) is 63.3 cm³/mol. The van der Waals surface area contributed by atoms with Crippen LogP contribution in [0.15, 0.2) is 23.9 Å². The number of ether oxygens (including phenoxy) is 1. The molecule has 0 aliphatic carbocycles. The number of carbonyl (C=O) groups excluding carboxylic acids is 1.